The number of aromatic hydroxyl groups is 1. The number of aliphatic carboxylic acids is 1. The van der Waals surface area contributed by atoms with Crippen molar-refractivity contribution in [2.24, 2.45) is 0 Å². The normalized spacial score (nSPS) is 10.1. The number of carboxylic acids is 1. The molecule has 0 spiro atoms. The zero-order valence-electron chi connectivity index (χ0n) is 7.75. The first-order valence-electron chi connectivity index (χ1n) is 3.93. The van der Waals surface area contributed by atoms with E-state index in [1.807, 2.05) is 0 Å². The minimum Gasteiger partial charge on any atom is -0.504 e. The number of hydrogen-bond donors (Lipinski definition) is 2. The number of ether oxygens (including phenoxy) is 1. The predicted octanol–water partition coefficient (Wildman–Crippen LogP) is 1.82. The van der Waals surface area contributed by atoms with E-state index < -0.39 is 24.0 Å². The largest absolute Gasteiger partial charge is 0.504 e. The minimum atomic E-state index is -1.27. The number of carbonyl (C=O) groups is 1. The van der Waals surface area contributed by atoms with Gasteiger partial charge in [-0.15, -0.1) is 0 Å². The molecule has 0 unspecified atom stereocenters. The Bertz CT molecular complexity index is 406. The number of benzene rings is 1. The Kier molecular flexibility index (Phi) is 3.36. The third-order valence-corrected chi connectivity index (χ3v) is 2.07. The summed E-state index contributed by atoms with van der Waals surface area (Å²) in [5.41, 5.74) is -0.383. The lowest BCUT2D eigenvalue weighted by Gasteiger charge is -2.09. The Morgan fingerprint density at radius 3 is 2.73 bits per heavy atom. The molecule has 0 saturated heterocycles. The van der Waals surface area contributed by atoms with Crippen molar-refractivity contribution in [3.05, 3.63) is 22.5 Å². The number of hydrogen-bond acceptors (Lipinski definition) is 3. The van der Waals surface area contributed by atoms with Crippen LogP contribution in [-0.4, -0.2) is 23.3 Å². The Morgan fingerprint density at radius 1 is 1.67 bits per heavy atom. The first-order valence-corrected chi connectivity index (χ1v) is 4.30. The highest BCUT2D eigenvalue weighted by atomic mass is 35.5. The van der Waals surface area contributed by atoms with Crippen molar-refractivity contribution in [2.45, 2.75) is 6.42 Å². The highest BCUT2D eigenvalue weighted by Gasteiger charge is 2.19. The van der Waals surface area contributed by atoms with Crippen molar-refractivity contribution < 1.29 is 24.1 Å². The highest BCUT2D eigenvalue weighted by molar-refractivity contribution is 6.31. The molecule has 2 N–H and O–H groups in total. The third-order valence-electron chi connectivity index (χ3n) is 1.80. The fourth-order valence-electron chi connectivity index (χ4n) is 1.11. The van der Waals surface area contributed by atoms with E-state index >= 15 is 0 Å². The zero-order chi connectivity index (χ0) is 11.6. The van der Waals surface area contributed by atoms with Crippen LogP contribution in [0, 0.1) is 5.82 Å². The van der Waals surface area contributed by atoms with Crippen LogP contribution in [-0.2, 0) is 11.2 Å². The maximum atomic E-state index is 13.3. The number of methoxy groups -OCH3 is 1. The second-order valence-electron chi connectivity index (χ2n) is 2.77. The van der Waals surface area contributed by atoms with Gasteiger partial charge in [-0.1, -0.05) is 11.6 Å². The molecule has 0 aromatic heterocycles. The molecular formula is C9H8ClFO4. The van der Waals surface area contributed by atoms with Crippen LogP contribution in [0.3, 0.4) is 0 Å². The van der Waals surface area contributed by atoms with Gasteiger partial charge in [0.25, 0.3) is 0 Å². The number of carboxylic acid groups (broad SMARTS) is 1. The van der Waals surface area contributed by atoms with Crippen LogP contribution in [0.1, 0.15) is 5.56 Å². The number of phenolic OH excluding ortho intramolecular Hbond substituents is 1. The van der Waals surface area contributed by atoms with Crippen LogP contribution >= 0.6 is 11.6 Å². The third kappa shape index (κ3) is 2.30. The summed E-state index contributed by atoms with van der Waals surface area (Å²) in [7, 11) is 1.26. The molecule has 0 atom stereocenters. The molecule has 1 aromatic rings. The molecule has 0 aliphatic carbocycles. The predicted molar refractivity (Wildman–Crippen MR) is 51.0 cm³/mol. The molecule has 1 aromatic carbocycles. The Balaban J connectivity index is 3.33. The Labute approximate surface area is 89.9 Å². The monoisotopic (exact) mass is 234 g/mol. The van der Waals surface area contributed by atoms with Gasteiger partial charge >= 0.3 is 5.97 Å². The van der Waals surface area contributed by atoms with Crippen molar-refractivity contribution >= 4 is 17.6 Å². The lowest BCUT2D eigenvalue weighted by atomic mass is 10.1. The molecule has 0 bridgehead atoms. The fraction of sp³-hybridized carbons (Fsp3) is 0.222. The second-order valence-corrected chi connectivity index (χ2v) is 3.18. The molecule has 82 valence electrons. The molecule has 0 aliphatic heterocycles. The molecule has 0 fully saturated rings. The number of halogens is 2. The van der Waals surface area contributed by atoms with E-state index in [9.17, 15) is 14.3 Å². The molecule has 0 aliphatic rings. The number of phenols is 1. The van der Waals surface area contributed by atoms with Gasteiger partial charge in [0, 0.05) is 11.6 Å². The molecule has 0 saturated carbocycles. The van der Waals surface area contributed by atoms with Gasteiger partial charge in [0.1, 0.15) is 5.82 Å². The van der Waals surface area contributed by atoms with E-state index in [1.54, 1.807) is 0 Å². The average Bonchev–Trinajstić information content (AvgIpc) is 2.18. The molecule has 15 heavy (non-hydrogen) atoms. The molecular weight excluding hydrogens is 227 g/mol. The van der Waals surface area contributed by atoms with E-state index in [2.05, 4.69) is 0 Å². The summed E-state index contributed by atoms with van der Waals surface area (Å²) >= 11 is 5.49. The topological polar surface area (TPSA) is 66.8 Å². The highest BCUT2D eigenvalue weighted by Crippen LogP contribution is 2.36. The maximum Gasteiger partial charge on any atom is 0.308 e. The molecule has 4 nitrogen and oxygen atoms in total. The van der Waals surface area contributed by atoms with Crippen LogP contribution in [0.2, 0.25) is 5.02 Å². The Hall–Kier alpha value is -1.49. The van der Waals surface area contributed by atoms with Gasteiger partial charge in [-0.3, -0.25) is 4.79 Å². The minimum absolute atomic E-state index is 0.0577. The first kappa shape index (κ1) is 11.6. The lowest BCUT2D eigenvalue weighted by Crippen LogP contribution is -2.04. The van der Waals surface area contributed by atoms with E-state index in [4.69, 9.17) is 21.4 Å². The molecule has 0 amide bonds. The summed E-state index contributed by atoms with van der Waals surface area (Å²) < 4.78 is 18.0. The van der Waals surface area contributed by atoms with Crippen LogP contribution in [0.25, 0.3) is 0 Å². The van der Waals surface area contributed by atoms with Crippen LogP contribution in [0.4, 0.5) is 4.39 Å². The average molecular weight is 235 g/mol. The Morgan fingerprint density at radius 2 is 2.27 bits per heavy atom. The molecule has 6 heteroatoms. The molecule has 1 rings (SSSR count). The van der Waals surface area contributed by atoms with Crippen LogP contribution in [0.15, 0.2) is 6.07 Å². The van der Waals surface area contributed by atoms with Gasteiger partial charge in [0.15, 0.2) is 11.5 Å². The summed E-state index contributed by atoms with van der Waals surface area (Å²) in [5.74, 6) is -2.81. The quantitative estimate of drug-likeness (QED) is 0.837. The van der Waals surface area contributed by atoms with Gasteiger partial charge in [-0.05, 0) is 0 Å². The second kappa shape index (κ2) is 4.35. The van der Waals surface area contributed by atoms with E-state index in [1.165, 1.54) is 7.11 Å². The first-order chi connectivity index (χ1) is 6.97. The van der Waals surface area contributed by atoms with Gasteiger partial charge in [0.05, 0.1) is 18.6 Å². The van der Waals surface area contributed by atoms with Gasteiger partial charge < -0.3 is 14.9 Å². The summed E-state index contributed by atoms with van der Waals surface area (Å²) in [4.78, 5) is 10.4. The van der Waals surface area contributed by atoms with Gasteiger partial charge in [-0.2, -0.15) is 0 Å². The van der Waals surface area contributed by atoms with Crippen LogP contribution < -0.4 is 4.74 Å². The standard InChI is InChI=1S/C9H8ClFO4/c1-15-6-3-5(10)8(11)4(9(6)14)2-7(12)13/h3,14H,2H2,1H3,(H,12,13). The zero-order valence-corrected chi connectivity index (χ0v) is 8.51. The van der Waals surface area contributed by atoms with E-state index in [0.29, 0.717) is 0 Å². The van der Waals surface area contributed by atoms with Crippen molar-refractivity contribution in [1.29, 1.82) is 0 Å². The van der Waals surface area contributed by atoms with Crippen molar-refractivity contribution in [1.82, 2.24) is 0 Å². The van der Waals surface area contributed by atoms with Crippen molar-refractivity contribution in [3.63, 3.8) is 0 Å². The lowest BCUT2D eigenvalue weighted by molar-refractivity contribution is -0.136. The van der Waals surface area contributed by atoms with Crippen molar-refractivity contribution in [2.75, 3.05) is 7.11 Å². The summed E-state index contributed by atoms with van der Waals surface area (Å²) in [6.07, 6.45) is -0.658. The van der Waals surface area contributed by atoms with Gasteiger partial charge in [0.2, 0.25) is 0 Å². The van der Waals surface area contributed by atoms with Crippen molar-refractivity contribution in [3.8, 4) is 11.5 Å². The molecule has 0 radical (unpaired) electrons. The van der Waals surface area contributed by atoms with Gasteiger partial charge in [-0.25, -0.2) is 4.39 Å². The molecule has 0 heterocycles. The van der Waals surface area contributed by atoms with E-state index in [0.717, 1.165) is 6.07 Å². The smallest absolute Gasteiger partial charge is 0.308 e. The number of rotatable bonds is 3. The SMILES string of the molecule is COc1cc(Cl)c(F)c(CC(=O)O)c1O. The summed E-state index contributed by atoms with van der Waals surface area (Å²) in [6.45, 7) is 0. The summed E-state index contributed by atoms with van der Waals surface area (Å²) in [5, 5.41) is 17.7. The van der Waals surface area contributed by atoms with E-state index in [-0.39, 0.29) is 16.3 Å². The maximum absolute atomic E-state index is 13.3. The van der Waals surface area contributed by atoms with Crippen LogP contribution in [0.5, 0.6) is 11.5 Å². The summed E-state index contributed by atoms with van der Waals surface area (Å²) in [6, 6.07) is 1.08. The fourth-order valence-corrected chi connectivity index (χ4v) is 1.32.